The number of amidine groups is 1. The summed E-state index contributed by atoms with van der Waals surface area (Å²) in [6, 6.07) is 66.6. The zero-order valence-corrected chi connectivity index (χ0v) is 31.8. The summed E-state index contributed by atoms with van der Waals surface area (Å²) in [5.74, 6) is 0.898. The molecule has 0 saturated carbocycles. The largest absolute Gasteiger partial charge is 0.358 e. The predicted octanol–water partition coefficient (Wildman–Crippen LogP) is 14.4. The van der Waals surface area contributed by atoms with Crippen molar-refractivity contribution in [3.05, 3.63) is 204 Å². The van der Waals surface area contributed by atoms with E-state index in [0.29, 0.717) is 0 Å². The molecule has 0 spiro atoms. The van der Waals surface area contributed by atoms with E-state index >= 15 is 0 Å². The van der Waals surface area contributed by atoms with Crippen LogP contribution in [0, 0.1) is 0 Å². The van der Waals surface area contributed by atoms with Crippen LogP contribution in [0.2, 0.25) is 0 Å². The molecule has 1 unspecified atom stereocenters. The molecule has 2 aliphatic heterocycles. The van der Waals surface area contributed by atoms with Gasteiger partial charge in [-0.3, -0.25) is 0 Å². The molecule has 56 heavy (non-hydrogen) atoms. The molecule has 0 bridgehead atoms. The van der Waals surface area contributed by atoms with E-state index in [1.165, 1.54) is 90.1 Å². The molecule has 262 valence electrons. The first-order valence-electron chi connectivity index (χ1n) is 19.1. The Morgan fingerprint density at radius 3 is 1.89 bits per heavy atom. The van der Waals surface area contributed by atoms with Gasteiger partial charge in [0.2, 0.25) is 0 Å². The van der Waals surface area contributed by atoms with E-state index < -0.39 is 0 Å². The number of thiophene rings is 1. The Morgan fingerprint density at radius 1 is 0.429 bits per heavy atom. The molecule has 1 atom stereocenters. The van der Waals surface area contributed by atoms with E-state index in [1.807, 2.05) is 23.1 Å². The van der Waals surface area contributed by atoms with Gasteiger partial charge in [0.05, 0.1) is 11.7 Å². The molecule has 2 aliphatic rings. The van der Waals surface area contributed by atoms with Gasteiger partial charge >= 0.3 is 0 Å². The summed E-state index contributed by atoms with van der Waals surface area (Å²) in [5.41, 5.74) is 9.42. The summed E-state index contributed by atoms with van der Waals surface area (Å²) in [7, 11) is 0. The lowest BCUT2D eigenvalue weighted by Crippen LogP contribution is -2.32. The minimum atomic E-state index is 0.0134. The molecule has 3 heterocycles. The van der Waals surface area contributed by atoms with Gasteiger partial charge in [-0.05, 0) is 85.1 Å². The Kier molecular flexibility index (Phi) is 7.13. The molecule has 2 nitrogen and oxygen atoms in total. The molecule has 1 aromatic heterocycles. The van der Waals surface area contributed by atoms with Crippen molar-refractivity contribution >= 4 is 87.1 Å². The molecular formula is C52H32N2S2. The lowest BCUT2D eigenvalue weighted by atomic mass is 9.88. The van der Waals surface area contributed by atoms with Crippen LogP contribution in [0.5, 0.6) is 0 Å². The van der Waals surface area contributed by atoms with E-state index in [4.69, 9.17) is 4.99 Å². The second-order valence-corrected chi connectivity index (χ2v) is 16.8. The number of aliphatic imine (C=N–C) groups is 1. The number of nitrogens with zero attached hydrogens (tertiary/aromatic N) is 1. The van der Waals surface area contributed by atoms with Crippen LogP contribution < -0.4 is 5.32 Å². The zero-order chi connectivity index (χ0) is 36.7. The first-order chi connectivity index (χ1) is 27.8. The standard InChI is InChI=1S/C52H32N2S2/c1-2-13-33(14-3-1)49-51-50(41-20-9-11-23-45(41)56-51)54-52(53-49)43-30-34(29-42-38-17-5-4-15-36(38)37-16-6-7-18-39(37)47(42)43)31-25-27-32(28-26-31)35-21-12-24-46-48(35)40-19-8-10-22-44(40)55-46/h1-30,50H,(H,53,54). The average molecular weight is 749 g/mol. The number of hydrogen-bond donors (Lipinski definition) is 1. The van der Waals surface area contributed by atoms with Crippen molar-refractivity contribution in [2.45, 2.75) is 10.9 Å². The number of fused-ring (bicyclic) bond motifs is 12. The van der Waals surface area contributed by atoms with Crippen LogP contribution in [0.25, 0.3) is 80.4 Å². The van der Waals surface area contributed by atoms with Crippen LogP contribution in [0.15, 0.2) is 197 Å². The normalized spacial score (nSPS) is 15.1. The lowest BCUT2D eigenvalue weighted by Gasteiger charge is -2.27. The van der Waals surface area contributed by atoms with Crippen molar-refractivity contribution < 1.29 is 0 Å². The Morgan fingerprint density at radius 2 is 1.07 bits per heavy atom. The third-order valence-corrected chi connectivity index (χ3v) is 13.9. The maximum absolute atomic E-state index is 5.59. The third-order valence-electron chi connectivity index (χ3n) is 11.5. The van der Waals surface area contributed by atoms with Crippen molar-refractivity contribution in [2.75, 3.05) is 0 Å². The molecule has 1 N–H and O–H groups in total. The van der Waals surface area contributed by atoms with E-state index in [1.54, 1.807) is 0 Å². The van der Waals surface area contributed by atoms with Gasteiger partial charge in [0.15, 0.2) is 0 Å². The maximum Gasteiger partial charge on any atom is 0.135 e. The molecule has 12 rings (SSSR count). The first kappa shape index (κ1) is 31.8. The second kappa shape index (κ2) is 12.5. The molecule has 0 saturated heterocycles. The van der Waals surface area contributed by atoms with E-state index in [0.717, 1.165) is 22.7 Å². The van der Waals surface area contributed by atoms with E-state index in [2.05, 4.69) is 187 Å². The summed E-state index contributed by atoms with van der Waals surface area (Å²) in [5, 5.41) is 14.1. The van der Waals surface area contributed by atoms with Gasteiger partial charge in [0.1, 0.15) is 5.84 Å². The Balaban J connectivity index is 1.10. The smallest absolute Gasteiger partial charge is 0.135 e. The highest BCUT2D eigenvalue weighted by atomic mass is 32.2. The highest BCUT2D eigenvalue weighted by molar-refractivity contribution is 8.03. The highest BCUT2D eigenvalue weighted by Gasteiger charge is 2.35. The number of thioether (sulfide) groups is 1. The van der Waals surface area contributed by atoms with Crippen LogP contribution >= 0.6 is 23.1 Å². The Hall–Kier alpha value is -6.46. The summed E-state index contributed by atoms with van der Waals surface area (Å²) < 4.78 is 2.65. The topological polar surface area (TPSA) is 24.4 Å². The quantitative estimate of drug-likeness (QED) is 0.181. The van der Waals surface area contributed by atoms with Gasteiger partial charge in [-0.2, -0.15) is 0 Å². The minimum Gasteiger partial charge on any atom is -0.358 e. The van der Waals surface area contributed by atoms with Gasteiger partial charge in [-0.1, -0.05) is 163 Å². The monoisotopic (exact) mass is 748 g/mol. The van der Waals surface area contributed by atoms with Gasteiger partial charge in [0.25, 0.3) is 0 Å². The molecule has 0 radical (unpaired) electrons. The summed E-state index contributed by atoms with van der Waals surface area (Å²) >= 11 is 3.71. The molecule has 10 aromatic rings. The van der Waals surface area contributed by atoms with Crippen molar-refractivity contribution in [1.82, 2.24) is 5.32 Å². The van der Waals surface area contributed by atoms with Gasteiger partial charge < -0.3 is 5.32 Å². The van der Waals surface area contributed by atoms with Crippen LogP contribution in [-0.2, 0) is 0 Å². The van der Waals surface area contributed by atoms with Crippen molar-refractivity contribution in [2.24, 2.45) is 4.99 Å². The maximum atomic E-state index is 5.59. The van der Waals surface area contributed by atoms with Gasteiger partial charge in [-0.15, -0.1) is 11.3 Å². The van der Waals surface area contributed by atoms with Crippen LogP contribution in [0.4, 0.5) is 0 Å². The highest BCUT2D eigenvalue weighted by Crippen LogP contribution is 2.52. The number of hydrogen-bond acceptors (Lipinski definition) is 4. The van der Waals surface area contributed by atoms with Crippen LogP contribution in [0.3, 0.4) is 0 Å². The number of benzene rings is 9. The fraction of sp³-hybridized carbons (Fsp3) is 0.0192. The Bertz CT molecular complexity index is 3300. The number of nitrogens with one attached hydrogen (secondary N) is 1. The summed E-state index contributed by atoms with van der Waals surface area (Å²) in [6.07, 6.45) is 0. The van der Waals surface area contributed by atoms with Crippen molar-refractivity contribution in [3.8, 4) is 22.3 Å². The molecule has 4 heteroatoms. The summed E-state index contributed by atoms with van der Waals surface area (Å²) in [4.78, 5) is 8.12. The van der Waals surface area contributed by atoms with E-state index in [9.17, 15) is 0 Å². The molecule has 0 aliphatic carbocycles. The summed E-state index contributed by atoms with van der Waals surface area (Å²) in [6.45, 7) is 0. The van der Waals surface area contributed by atoms with Gasteiger partial charge in [0, 0.05) is 46.5 Å². The minimum absolute atomic E-state index is 0.0134. The third kappa shape index (κ3) is 4.86. The van der Waals surface area contributed by atoms with Gasteiger partial charge in [-0.25, -0.2) is 4.99 Å². The van der Waals surface area contributed by atoms with Crippen LogP contribution in [0.1, 0.15) is 22.7 Å². The lowest BCUT2D eigenvalue weighted by molar-refractivity contribution is 0.768. The second-order valence-electron chi connectivity index (χ2n) is 14.6. The molecule has 9 aromatic carbocycles. The molecule has 0 amide bonds. The van der Waals surface area contributed by atoms with Crippen molar-refractivity contribution in [3.63, 3.8) is 0 Å². The first-order valence-corrected chi connectivity index (χ1v) is 20.7. The average Bonchev–Trinajstić information content (AvgIpc) is 3.85. The fourth-order valence-electron chi connectivity index (χ4n) is 8.98. The zero-order valence-electron chi connectivity index (χ0n) is 30.2. The fourth-order valence-corrected chi connectivity index (χ4v) is 11.4. The SMILES string of the molecule is c1ccc(C2=C3Sc4ccccc4C3NC(c3cc(-c4ccc(-c5cccc6sc7ccccc7c56)cc4)cc4c5ccccc5c5ccccc5c34)=N2)cc1. The van der Waals surface area contributed by atoms with Crippen molar-refractivity contribution in [1.29, 1.82) is 0 Å². The predicted molar refractivity (Wildman–Crippen MR) is 241 cm³/mol. The van der Waals surface area contributed by atoms with E-state index in [-0.39, 0.29) is 6.04 Å². The Labute approximate surface area is 332 Å². The molecular weight excluding hydrogens is 717 g/mol. The van der Waals surface area contributed by atoms with Crippen LogP contribution in [-0.4, -0.2) is 5.84 Å². The molecule has 0 fully saturated rings. The number of rotatable bonds is 4.